The number of hydrogen-bond donors (Lipinski definition) is 2. The molecule has 2 N–H and O–H groups in total. The van der Waals surface area contributed by atoms with Gasteiger partial charge in [0.2, 0.25) is 0 Å². The van der Waals surface area contributed by atoms with Crippen molar-refractivity contribution in [2.24, 2.45) is 0 Å². The fourth-order valence-electron chi connectivity index (χ4n) is 2.75. The monoisotopic (exact) mass is 345 g/mol. The van der Waals surface area contributed by atoms with E-state index in [-0.39, 0.29) is 11.6 Å². The van der Waals surface area contributed by atoms with Crippen molar-refractivity contribution in [1.82, 2.24) is 19.6 Å². The minimum absolute atomic E-state index is 0.296. The largest absolute Gasteiger partial charge is 0.347 e. The lowest BCUT2D eigenvalue weighted by Crippen LogP contribution is -2.15. The van der Waals surface area contributed by atoms with Gasteiger partial charge in [-0.15, -0.1) is 0 Å². The van der Waals surface area contributed by atoms with Crippen LogP contribution in [0.5, 0.6) is 0 Å². The van der Waals surface area contributed by atoms with Crippen molar-refractivity contribution >= 4 is 17.2 Å². The summed E-state index contributed by atoms with van der Waals surface area (Å²) in [6, 6.07) is 14.9. The average molecular weight is 345 g/mol. The van der Waals surface area contributed by atoms with E-state index in [1.54, 1.807) is 30.7 Å². The van der Waals surface area contributed by atoms with Crippen LogP contribution in [-0.4, -0.2) is 25.5 Å². The van der Waals surface area contributed by atoms with Crippen LogP contribution < -0.4 is 11.0 Å². The van der Waals surface area contributed by atoms with E-state index in [1.807, 2.05) is 36.4 Å². The zero-order valence-electron chi connectivity index (χ0n) is 13.7. The van der Waals surface area contributed by atoms with Crippen LogP contribution in [0, 0.1) is 0 Å². The molecule has 0 aliphatic rings. The number of nitrogens with one attached hydrogen (secondary N) is 2. The number of H-pyrrole nitrogens is 1. The van der Waals surface area contributed by atoms with Gasteiger partial charge in [-0.2, -0.15) is 5.10 Å². The maximum absolute atomic E-state index is 12.5. The van der Waals surface area contributed by atoms with Gasteiger partial charge in [0.05, 0.1) is 5.56 Å². The van der Waals surface area contributed by atoms with Crippen molar-refractivity contribution < 1.29 is 4.79 Å². The summed E-state index contributed by atoms with van der Waals surface area (Å²) in [4.78, 5) is 28.1. The molecule has 0 bridgehead atoms. The van der Waals surface area contributed by atoms with E-state index in [0.717, 1.165) is 12.0 Å². The minimum atomic E-state index is -0.380. The van der Waals surface area contributed by atoms with Crippen LogP contribution in [0.15, 0.2) is 71.9 Å². The zero-order valence-corrected chi connectivity index (χ0v) is 13.7. The molecule has 3 heterocycles. The molecule has 0 aliphatic heterocycles. The van der Waals surface area contributed by atoms with Gasteiger partial charge in [0.25, 0.3) is 5.91 Å². The normalized spacial score (nSPS) is 10.8. The second kappa shape index (κ2) is 6.64. The number of rotatable bonds is 4. The Morgan fingerprint density at radius 3 is 2.54 bits per heavy atom. The number of aromatic amines is 1. The molecule has 7 heteroatoms. The molecule has 7 nitrogen and oxygen atoms in total. The summed E-state index contributed by atoms with van der Waals surface area (Å²) in [5, 5.41) is 9.07. The molecule has 0 spiro atoms. The summed E-state index contributed by atoms with van der Waals surface area (Å²) in [7, 11) is 0. The van der Waals surface area contributed by atoms with Crippen molar-refractivity contribution in [2.75, 3.05) is 5.32 Å². The van der Waals surface area contributed by atoms with Gasteiger partial charge in [0.1, 0.15) is 0 Å². The topological polar surface area (TPSA) is 92.2 Å². The number of anilines is 1. The summed E-state index contributed by atoms with van der Waals surface area (Å²) in [6.07, 6.45) is 5.90. The number of hydrogen-bond acceptors (Lipinski definition) is 4. The van der Waals surface area contributed by atoms with Crippen molar-refractivity contribution in [1.29, 1.82) is 0 Å². The molecule has 1 amide bonds. The number of benzene rings is 1. The van der Waals surface area contributed by atoms with Gasteiger partial charge in [-0.05, 0) is 53.9 Å². The highest BCUT2D eigenvalue weighted by Gasteiger charge is 2.13. The van der Waals surface area contributed by atoms with Gasteiger partial charge in [-0.3, -0.25) is 9.78 Å². The van der Waals surface area contributed by atoms with E-state index in [0.29, 0.717) is 16.9 Å². The van der Waals surface area contributed by atoms with E-state index in [2.05, 4.69) is 20.5 Å². The predicted molar refractivity (Wildman–Crippen MR) is 97.3 cm³/mol. The molecule has 1 aromatic carbocycles. The molecule has 4 rings (SSSR count). The molecule has 3 aromatic heterocycles. The van der Waals surface area contributed by atoms with E-state index >= 15 is 0 Å². The number of fused-ring (bicyclic) bond motifs is 1. The Hall–Kier alpha value is -3.74. The van der Waals surface area contributed by atoms with Crippen molar-refractivity contribution in [2.45, 2.75) is 6.42 Å². The Morgan fingerprint density at radius 2 is 1.77 bits per heavy atom. The van der Waals surface area contributed by atoms with Crippen LogP contribution in [0.25, 0.3) is 5.65 Å². The molecule has 0 saturated carbocycles. The van der Waals surface area contributed by atoms with Crippen LogP contribution in [0.2, 0.25) is 0 Å². The van der Waals surface area contributed by atoms with Crippen molar-refractivity contribution in [3.8, 4) is 0 Å². The van der Waals surface area contributed by atoms with E-state index in [1.165, 1.54) is 9.96 Å². The van der Waals surface area contributed by atoms with Gasteiger partial charge in [-0.1, -0.05) is 12.1 Å². The molecule has 0 atom stereocenters. The van der Waals surface area contributed by atoms with Crippen LogP contribution in [0.4, 0.5) is 5.69 Å². The van der Waals surface area contributed by atoms with Gasteiger partial charge < -0.3 is 5.32 Å². The number of aromatic nitrogens is 4. The fourth-order valence-corrected chi connectivity index (χ4v) is 2.75. The molecule has 26 heavy (non-hydrogen) atoms. The van der Waals surface area contributed by atoms with Gasteiger partial charge in [-0.25, -0.2) is 14.3 Å². The van der Waals surface area contributed by atoms with Crippen LogP contribution in [-0.2, 0) is 6.42 Å². The smallest absolute Gasteiger partial charge is 0.322 e. The fraction of sp³-hybridized carbons (Fsp3) is 0.0526. The Bertz CT molecular complexity index is 1110. The third kappa shape index (κ3) is 3.10. The molecule has 0 unspecified atom stereocenters. The first kappa shape index (κ1) is 15.8. The second-order valence-corrected chi connectivity index (χ2v) is 5.83. The first-order chi connectivity index (χ1) is 12.7. The minimum Gasteiger partial charge on any atom is -0.322 e. The standard InChI is InChI=1S/C19H15N5O2/c25-18(16-2-1-11-24-17(16)22-23-19(24)26)21-15-5-3-13(4-6-15)12-14-7-9-20-10-8-14/h1-11H,12H2,(H,21,25)(H,23,26). The number of pyridine rings is 2. The summed E-state index contributed by atoms with van der Waals surface area (Å²) >= 11 is 0. The lowest BCUT2D eigenvalue weighted by Gasteiger charge is -2.07. The van der Waals surface area contributed by atoms with Gasteiger partial charge in [0.15, 0.2) is 5.65 Å². The van der Waals surface area contributed by atoms with Crippen molar-refractivity contribution in [3.05, 3.63) is 94.3 Å². The van der Waals surface area contributed by atoms with E-state index in [9.17, 15) is 9.59 Å². The number of carbonyl (C=O) groups excluding carboxylic acids is 1. The first-order valence-electron chi connectivity index (χ1n) is 8.06. The number of carbonyl (C=O) groups is 1. The number of amides is 1. The van der Waals surface area contributed by atoms with Crippen molar-refractivity contribution in [3.63, 3.8) is 0 Å². The maximum atomic E-state index is 12.5. The predicted octanol–water partition coefficient (Wildman–Crippen LogP) is 2.26. The highest BCUT2D eigenvalue weighted by Crippen LogP contribution is 2.15. The third-order valence-corrected chi connectivity index (χ3v) is 4.06. The number of nitrogens with zero attached hydrogens (tertiary/aromatic N) is 3. The van der Waals surface area contributed by atoms with E-state index < -0.39 is 0 Å². The van der Waals surface area contributed by atoms with Gasteiger partial charge in [0, 0.05) is 24.3 Å². The Kier molecular flexibility index (Phi) is 4.03. The molecule has 0 aliphatic carbocycles. The average Bonchev–Trinajstić information content (AvgIpc) is 3.05. The zero-order chi connectivity index (χ0) is 17.9. The molecular formula is C19H15N5O2. The van der Waals surface area contributed by atoms with Crippen LogP contribution in [0.1, 0.15) is 21.5 Å². The highest BCUT2D eigenvalue weighted by atomic mass is 16.2. The van der Waals surface area contributed by atoms with Crippen LogP contribution >= 0.6 is 0 Å². The third-order valence-electron chi connectivity index (χ3n) is 4.06. The second-order valence-electron chi connectivity index (χ2n) is 5.83. The summed E-state index contributed by atoms with van der Waals surface area (Å²) in [5.74, 6) is -0.323. The van der Waals surface area contributed by atoms with E-state index in [4.69, 9.17) is 0 Å². The molecule has 0 fully saturated rings. The summed E-state index contributed by atoms with van der Waals surface area (Å²) < 4.78 is 1.30. The lowest BCUT2D eigenvalue weighted by molar-refractivity contribution is 0.102. The SMILES string of the molecule is O=C(Nc1ccc(Cc2ccncc2)cc1)c1cccn2c(=O)[nH]nc12. The van der Waals surface area contributed by atoms with Crippen LogP contribution in [0.3, 0.4) is 0 Å². The lowest BCUT2D eigenvalue weighted by atomic mass is 10.1. The molecule has 128 valence electrons. The van der Waals surface area contributed by atoms with Gasteiger partial charge >= 0.3 is 5.69 Å². The Morgan fingerprint density at radius 1 is 1.04 bits per heavy atom. The summed E-state index contributed by atoms with van der Waals surface area (Å²) in [5.41, 5.74) is 3.22. The molecule has 0 saturated heterocycles. The molecule has 0 radical (unpaired) electrons. The highest BCUT2D eigenvalue weighted by molar-refractivity contribution is 6.08. The maximum Gasteiger partial charge on any atom is 0.347 e. The summed E-state index contributed by atoms with van der Waals surface area (Å²) in [6.45, 7) is 0. The quantitative estimate of drug-likeness (QED) is 0.593. The Balaban J connectivity index is 1.51. The molecular weight excluding hydrogens is 330 g/mol. The first-order valence-corrected chi connectivity index (χ1v) is 8.06. The Labute approximate surface area is 148 Å². The molecule has 4 aromatic rings.